The Morgan fingerprint density at radius 2 is 1.12 bits per heavy atom. The predicted molar refractivity (Wildman–Crippen MR) is 178 cm³/mol. The second-order valence-electron chi connectivity index (χ2n) is 9.85. The number of nitrogens with zero attached hydrogens (tertiary/aromatic N) is 2. The summed E-state index contributed by atoms with van der Waals surface area (Å²) >= 11 is 0. The van der Waals surface area contributed by atoms with Gasteiger partial charge in [0.15, 0.2) is 0 Å². The molecule has 2 N–H and O–H groups in total. The first-order chi connectivity index (χ1) is 21.2. The van der Waals surface area contributed by atoms with E-state index in [2.05, 4.69) is 89.5 Å². The van der Waals surface area contributed by atoms with Gasteiger partial charge in [-0.1, -0.05) is 140 Å². The summed E-state index contributed by atoms with van der Waals surface area (Å²) in [5.74, 6) is 0.975. The summed E-state index contributed by atoms with van der Waals surface area (Å²) in [6, 6.07) is 56.4. The van der Waals surface area contributed by atoms with E-state index in [4.69, 9.17) is 10.7 Å². The number of carbonyl (C=O) groups excluding carboxylic acids is 1. The van der Waals surface area contributed by atoms with Crippen LogP contribution in [0.1, 0.15) is 21.5 Å². The van der Waals surface area contributed by atoms with Crippen LogP contribution in [0.25, 0.3) is 28.1 Å². The van der Waals surface area contributed by atoms with Gasteiger partial charge in [-0.3, -0.25) is 9.36 Å². The molecule has 0 aliphatic heterocycles. The molecule has 6 aromatic carbocycles. The Labute approximate surface area is 252 Å². The van der Waals surface area contributed by atoms with Gasteiger partial charge >= 0.3 is 0 Å². The molecule has 4 heteroatoms. The van der Waals surface area contributed by atoms with Crippen LogP contribution in [0.3, 0.4) is 0 Å². The average Bonchev–Trinajstić information content (AvgIpc) is 3.48. The van der Waals surface area contributed by atoms with Crippen LogP contribution in [0.2, 0.25) is 0 Å². The van der Waals surface area contributed by atoms with Crippen molar-refractivity contribution in [2.75, 3.05) is 5.73 Å². The summed E-state index contributed by atoms with van der Waals surface area (Å²) in [5.41, 5.74) is 14.4. The van der Waals surface area contributed by atoms with Crippen molar-refractivity contribution >= 4 is 23.0 Å². The Morgan fingerprint density at radius 3 is 1.74 bits per heavy atom. The quantitative estimate of drug-likeness (QED) is 0.169. The van der Waals surface area contributed by atoms with Crippen molar-refractivity contribution in [1.82, 2.24) is 9.55 Å². The van der Waals surface area contributed by atoms with Gasteiger partial charge in [-0.25, -0.2) is 4.98 Å². The van der Waals surface area contributed by atoms with Crippen molar-refractivity contribution in [3.63, 3.8) is 0 Å². The highest BCUT2D eigenvalue weighted by atomic mass is 16.1. The van der Waals surface area contributed by atoms with Crippen LogP contribution in [0.4, 0.5) is 5.69 Å². The summed E-state index contributed by atoms with van der Waals surface area (Å²) in [7, 11) is 0. The van der Waals surface area contributed by atoms with E-state index in [-0.39, 0.29) is 0 Å². The monoisotopic (exact) mass is 559 g/mol. The molecule has 210 valence electrons. The first-order valence-electron chi connectivity index (χ1n) is 14.2. The molecule has 0 saturated heterocycles. The smallest absolute Gasteiger partial charge is 0.150 e. The summed E-state index contributed by atoms with van der Waals surface area (Å²) in [4.78, 5) is 14.8. The number of rotatable bonds is 5. The second kappa shape index (κ2) is 14.8. The molecule has 0 aliphatic carbocycles. The highest BCUT2D eigenvalue weighted by Gasteiger charge is 2.13. The number of aromatic nitrogens is 2. The highest BCUT2D eigenvalue weighted by Crippen LogP contribution is 2.28. The second-order valence-corrected chi connectivity index (χ2v) is 9.85. The van der Waals surface area contributed by atoms with Crippen LogP contribution in [0.15, 0.2) is 170 Å². The van der Waals surface area contributed by atoms with Gasteiger partial charge in [0.05, 0.1) is 11.0 Å². The number of nitrogens with two attached hydrogens (primary N) is 1. The largest absolute Gasteiger partial charge is 0.398 e. The van der Waals surface area contributed by atoms with E-state index in [0.29, 0.717) is 0 Å². The number of benzene rings is 6. The van der Waals surface area contributed by atoms with Crippen LogP contribution >= 0.6 is 0 Å². The van der Waals surface area contributed by atoms with Crippen molar-refractivity contribution < 1.29 is 4.79 Å². The number of nitrogen functional groups attached to an aromatic ring is 1. The van der Waals surface area contributed by atoms with Gasteiger partial charge in [-0.15, -0.1) is 0 Å². The standard InChI is InChI=1S/C19H14N2.C13H13N.C7H6O/c1-3-9-15(10-4-1)19-20-17-13-7-8-14-18(17)21(19)16-11-5-2-6-12-16;14-13-9-5-4-8-12(13)10-11-6-2-1-3-7-11;8-6-7-4-2-1-3-5-7/h1-14H;1-9H,10,14H2;1-6H. The zero-order chi connectivity index (χ0) is 29.7. The van der Waals surface area contributed by atoms with Crippen molar-refractivity contribution in [3.8, 4) is 17.1 Å². The molecule has 1 aromatic heterocycles. The van der Waals surface area contributed by atoms with Gasteiger partial charge in [-0.05, 0) is 47.9 Å². The van der Waals surface area contributed by atoms with Crippen LogP contribution in [0.5, 0.6) is 0 Å². The minimum Gasteiger partial charge on any atom is -0.398 e. The van der Waals surface area contributed by atoms with E-state index >= 15 is 0 Å². The molecular weight excluding hydrogens is 526 g/mol. The predicted octanol–water partition coefficient (Wildman–Crippen LogP) is 9.05. The fourth-order valence-electron chi connectivity index (χ4n) is 4.69. The molecule has 0 unspecified atom stereocenters. The molecule has 0 spiro atoms. The SMILES string of the molecule is Nc1ccccc1Cc1ccccc1.O=Cc1ccccc1.c1ccc(-c2nc3ccccc3n2-c2ccccc2)cc1. The summed E-state index contributed by atoms with van der Waals surface area (Å²) in [6.45, 7) is 0. The number of hydrogen-bond donors (Lipinski definition) is 1. The maximum atomic E-state index is 10.0. The summed E-state index contributed by atoms with van der Waals surface area (Å²) < 4.78 is 2.21. The Bertz CT molecular complexity index is 1850. The normalized spacial score (nSPS) is 10.1. The van der Waals surface area contributed by atoms with Crippen molar-refractivity contribution in [2.24, 2.45) is 0 Å². The maximum Gasteiger partial charge on any atom is 0.150 e. The number of fused-ring (bicyclic) bond motifs is 1. The lowest BCUT2D eigenvalue weighted by Gasteiger charge is -2.09. The average molecular weight is 560 g/mol. The molecule has 0 aliphatic rings. The molecule has 7 rings (SSSR count). The molecular formula is C39H33N3O. The third-order valence-electron chi connectivity index (χ3n) is 6.84. The lowest BCUT2D eigenvalue weighted by Crippen LogP contribution is -1.96. The van der Waals surface area contributed by atoms with E-state index < -0.39 is 0 Å². The van der Waals surface area contributed by atoms with Crippen LogP contribution < -0.4 is 5.73 Å². The molecule has 43 heavy (non-hydrogen) atoms. The zero-order valence-corrected chi connectivity index (χ0v) is 23.8. The molecule has 0 fully saturated rings. The van der Waals surface area contributed by atoms with Gasteiger partial charge in [0.25, 0.3) is 0 Å². The Morgan fingerprint density at radius 1 is 0.581 bits per heavy atom. The lowest BCUT2D eigenvalue weighted by atomic mass is 10.0. The highest BCUT2D eigenvalue weighted by molar-refractivity contribution is 5.83. The molecule has 0 amide bonds. The molecule has 0 atom stereocenters. The number of anilines is 1. The van der Waals surface area contributed by atoms with E-state index in [1.165, 1.54) is 11.1 Å². The van der Waals surface area contributed by atoms with E-state index in [0.717, 1.165) is 52.1 Å². The molecule has 4 nitrogen and oxygen atoms in total. The lowest BCUT2D eigenvalue weighted by molar-refractivity contribution is 0.112. The molecule has 7 aromatic rings. The maximum absolute atomic E-state index is 10.0. The van der Waals surface area contributed by atoms with Crippen molar-refractivity contribution in [2.45, 2.75) is 6.42 Å². The van der Waals surface area contributed by atoms with Crippen molar-refractivity contribution in [3.05, 3.63) is 187 Å². The third-order valence-corrected chi connectivity index (χ3v) is 6.84. The Balaban J connectivity index is 0.000000144. The first kappa shape index (κ1) is 28.8. The summed E-state index contributed by atoms with van der Waals surface area (Å²) in [6.07, 6.45) is 1.74. The molecule has 0 bridgehead atoms. The van der Waals surface area contributed by atoms with Gasteiger partial charge < -0.3 is 5.73 Å². The van der Waals surface area contributed by atoms with E-state index in [1.54, 1.807) is 12.1 Å². The van der Waals surface area contributed by atoms with Crippen molar-refractivity contribution in [1.29, 1.82) is 0 Å². The number of para-hydroxylation sites is 4. The van der Waals surface area contributed by atoms with Gasteiger partial charge in [0, 0.05) is 22.5 Å². The molecule has 1 heterocycles. The summed E-state index contributed by atoms with van der Waals surface area (Å²) in [5, 5.41) is 0. The number of hydrogen-bond acceptors (Lipinski definition) is 3. The van der Waals surface area contributed by atoms with E-state index in [1.807, 2.05) is 72.8 Å². The third kappa shape index (κ3) is 7.72. The van der Waals surface area contributed by atoms with Gasteiger partial charge in [-0.2, -0.15) is 0 Å². The minimum absolute atomic E-state index is 0.729. The van der Waals surface area contributed by atoms with Crippen LogP contribution in [0, 0.1) is 0 Å². The number of aldehydes is 1. The Kier molecular flexibility index (Phi) is 9.88. The number of imidazole rings is 1. The van der Waals surface area contributed by atoms with Crippen LogP contribution in [-0.4, -0.2) is 15.8 Å². The minimum atomic E-state index is 0.729. The van der Waals surface area contributed by atoms with E-state index in [9.17, 15) is 4.79 Å². The number of carbonyl (C=O) groups is 1. The van der Waals surface area contributed by atoms with Crippen LogP contribution in [-0.2, 0) is 6.42 Å². The molecule has 0 saturated carbocycles. The topological polar surface area (TPSA) is 60.9 Å². The van der Waals surface area contributed by atoms with Gasteiger partial charge in [0.1, 0.15) is 12.1 Å². The Hall–Kier alpha value is -5.74. The molecule has 0 radical (unpaired) electrons. The fraction of sp³-hybridized carbons (Fsp3) is 0.0256. The zero-order valence-electron chi connectivity index (χ0n) is 23.8. The van der Waals surface area contributed by atoms with Gasteiger partial charge in [0.2, 0.25) is 0 Å². The first-order valence-corrected chi connectivity index (χ1v) is 14.2. The fourth-order valence-corrected chi connectivity index (χ4v) is 4.69.